The van der Waals surface area contributed by atoms with Gasteiger partial charge in [0.1, 0.15) is 17.2 Å². The Morgan fingerprint density at radius 3 is 2.60 bits per heavy atom. The third kappa shape index (κ3) is 3.52. The van der Waals surface area contributed by atoms with E-state index in [9.17, 15) is 19.3 Å². The van der Waals surface area contributed by atoms with Gasteiger partial charge in [0.05, 0.1) is 10.6 Å². The summed E-state index contributed by atoms with van der Waals surface area (Å²) in [6, 6.07) is 11.7. The maximum atomic E-state index is 13.0. The van der Waals surface area contributed by atoms with Crippen LogP contribution < -0.4 is 5.32 Å². The molecule has 8 heteroatoms. The fraction of sp³-hybridized carbons (Fsp3) is 0.0588. The molecule has 1 aromatic heterocycles. The molecule has 0 saturated carbocycles. The highest BCUT2D eigenvalue weighted by Crippen LogP contribution is 2.26. The van der Waals surface area contributed by atoms with Crippen LogP contribution in [0, 0.1) is 22.9 Å². The van der Waals surface area contributed by atoms with Crippen molar-refractivity contribution in [3.05, 3.63) is 75.7 Å². The number of aromatic amines is 1. The number of carbonyl (C=O) groups excluding carboxylic acids is 1. The van der Waals surface area contributed by atoms with Gasteiger partial charge in [0, 0.05) is 11.6 Å². The van der Waals surface area contributed by atoms with Crippen molar-refractivity contribution in [1.82, 2.24) is 10.2 Å². The molecule has 0 radical (unpaired) electrons. The number of aryl methyl sites for hydroxylation is 1. The predicted octanol–water partition coefficient (Wildman–Crippen LogP) is 3.68. The molecule has 0 spiro atoms. The summed E-state index contributed by atoms with van der Waals surface area (Å²) < 4.78 is 13.0. The number of hydrogen-bond acceptors (Lipinski definition) is 4. The van der Waals surface area contributed by atoms with E-state index in [4.69, 9.17) is 0 Å². The van der Waals surface area contributed by atoms with Gasteiger partial charge in [-0.15, -0.1) is 0 Å². The minimum absolute atomic E-state index is 0.0959. The van der Waals surface area contributed by atoms with Crippen molar-refractivity contribution in [2.24, 2.45) is 0 Å². The van der Waals surface area contributed by atoms with Crippen LogP contribution in [-0.4, -0.2) is 21.0 Å². The van der Waals surface area contributed by atoms with Crippen LogP contribution in [-0.2, 0) is 0 Å². The van der Waals surface area contributed by atoms with Crippen LogP contribution in [0.4, 0.5) is 15.8 Å². The predicted molar refractivity (Wildman–Crippen MR) is 89.8 cm³/mol. The lowest BCUT2D eigenvalue weighted by atomic mass is 10.1. The Morgan fingerprint density at radius 1 is 1.20 bits per heavy atom. The zero-order valence-corrected chi connectivity index (χ0v) is 13.1. The second kappa shape index (κ2) is 6.52. The first-order chi connectivity index (χ1) is 11.9. The molecule has 3 aromatic rings. The molecule has 0 atom stereocenters. The van der Waals surface area contributed by atoms with E-state index in [0.29, 0.717) is 16.8 Å². The molecule has 0 aliphatic carbocycles. The molecule has 0 bridgehead atoms. The molecule has 25 heavy (non-hydrogen) atoms. The molecule has 0 aliphatic rings. The van der Waals surface area contributed by atoms with E-state index < -0.39 is 10.8 Å². The van der Waals surface area contributed by atoms with E-state index in [-0.39, 0.29) is 22.9 Å². The molecule has 1 heterocycles. The summed E-state index contributed by atoms with van der Waals surface area (Å²) in [4.78, 5) is 22.9. The smallest absolute Gasteiger partial charge is 0.293 e. The van der Waals surface area contributed by atoms with Crippen molar-refractivity contribution in [2.75, 3.05) is 5.32 Å². The number of nitro benzene ring substituents is 1. The first-order valence-corrected chi connectivity index (χ1v) is 7.32. The number of rotatable bonds is 4. The summed E-state index contributed by atoms with van der Waals surface area (Å²) in [7, 11) is 0. The second-order valence-electron chi connectivity index (χ2n) is 5.41. The van der Waals surface area contributed by atoms with Crippen molar-refractivity contribution in [3.8, 4) is 11.3 Å². The molecule has 0 aliphatic heterocycles. The SMILES string of the molecule is Cc1ccc(NC(=O)c2cc(-c3ccc(F)cc3)n[nH]2)c([N+](=O)[O-])c1. The van der Waals surface area contributed by atoms with Crippen LogP contribution in [0.3, 0.4) is 0 Å². The van der Waals surface area contributed by atoms with Crippen LogP contribution >= 0.6 is 0 Å². The molecule has 3 rings (SSSR count). The molecule has 0 saturated heterocycles. The average Bonchev–Trinajstić information content (AvgIpc) is 3.07. The van der Waals surface area contributed by atoms with Gasteiger partial charge in [-0.3, -0.25) is 20.0 Å². The molecule has 0 unspecified atom stereocenters. The van der Waals surface area contributed by atoms with Gasteiger partial charge in [0.2, 0.25) is 0 Å². The zero-order chi connectivity index (χ0) is 18.0. The third-order valence-electron chi connectivity index (χ3n) is 3.56. The summed E-state index contributed by atoms with van der Waals surface area (Å²) >= 11 is 0. The molecule has 0 fully saturated rings. The van der Waals surface area contributed by atoms with Crippen LogP contribution in [0.2, 0.25) is 0 Å². The maximum absolute atomic E-state index is 13.0. The Hall–Kier alpha value is -3.55. The number of anilines is 1. The summed E-state index contributed by atoms with van der Waals surface area (Å²) in [5.41, 5.74) is 1.85. The topological polar surface area (TPSA) is 101 Å². The van der Waals surface area contributed by atoms with Crippen LogP contribution in [0.15, 0.2) is 48.5 Å². The number of H-pyrrole nitrogens is 1. The normalized spacial score (nSPS) is 10.5. The second-order valence-corrected chi connectivity index (χ2v) is 5.41. The van der Waals surface area contributed by atoms with E-state index in [1.54, 1.807) is 13.0 Å². The van der Waals surface area contributed by atoms with Crippen LogP contribution in [0.25, 0.3) is 11.3 Å². The van der Waals surface area contributed by atoms with Gasteiger partial charge in [0.25, 0.3) is 11.6 Å². The fourth-order valence-corrected chi connectivity index (χ4v) is 2.29. The molecular formula is C17H13FN4O3. The average molecular weight is 340 g/mol. The lowest BCUT2D eigenvalue weighted by Crippen LogP contribution is -2.13. The lowest BCUT2D eigenvalue weighted by Gasteiger charge is -2.05. The Labute approximate surface area is 141 Å². The number of nitrogens with one attached hydrogen (secondary N) is 2. The Bertz CT molecular complexity index is 951. The van der Waals surface area contributed by atoms with E-state index in [1.165, 1.54) is 42.5 Å². The molecule has 7 nitrogen and oxygen atoms in total. The number of nitrogens with zero attached hydrogens (tertiary/aromatic N) is 2. The van der Waals surface area contributed by atoms with Crippen LogP contribution in [0.1, 0.15) is 16.1 Å². The third-order valence-corrected chi connectivity index (χ3v) is 3.56. The van der Waals surface area contributed by atoms with Crippen molar-refractivity contribution in [1.29, 1.82) is 0 Å². The van der Waals surface area contributed by atoms with Gasteiger partial charge in [-0.25, -0.2) is 4.39 Å². The fourth-order valence-electron chi connectivity index (χ4n) is 2.29. The summed E-state index contributed by atoms with van der Waals surface area (Å²) in [6.07, 6.45) is 0. The van der Waals surface area contributed by atoms with Crippen molar-refractivity contribution < 1.29 is 14.1 Å². The highest BCUT2D eigenvalue weighted by Gasteiger charge is 2.18. The number of halogens is 1. The number of hydrogen-bond donors (Lipinski definition) is 2. The van der Waals surface area contributed by atoms with Gasteiger partial charge in [-0.05, 0) is 48.9 Å². The van der Waals surface area contributed by atoms with E-state index in [1.807, 2.05) is 0 Å². The van der Waals surface area contributed by atoms with Crippen molar-refractivity contribution in [3.63, 3.8) is 0 Å². The van der Waals surface area contributed by atoms with Crippen molar-refractivity contribution >= 4 is 17.3 Å². The molecule has 1 amide bonds. The number of carbonyl (C=O) groups is 1. The quantitative estimate of drug-likeness (QED) is 0.559. The summed E-state index contributed by atoms with van der Waals surface area (Å²) in [5, 5.41) is 20.2. The Kier molecular flexibility index (Phi) is 4.25. The molecular weight excluding hydrogens is 327 g/mol. The largest absolute Gasteiger partial charge is 0.315 e. The summed E-state index contributed by atoms with van der Waals surface area (Å²) in [5.74, 6) is -0.934. The minimum Gasteiger partial charge on any atom is -0.315 e. The number of benzene rings is 2. The van der Waals surface area contributed by atoms with Gasteiger partial charge < -0.3 is 5.32 Å². The van der Waals surface area contributed by atoms with Crippen molar-refractivity contribution in [2.45, 2.75) is 6.92 Å². The standard InChI is InChI=1S/C17H13FN4O3/c1-10-2-7-13(16(8-10)22(24)25)19-17(23)15-9-14(20-21-15)11-3-5-12(18)6-4-11/h2-9H,1H3,(H,19,23)(H,20,21). The number of aromatic nitrogens is 2. The maximum Gasteiger partial charge on any atom is 0.293 e. The van der Waals surface area contributed by atoms with E-state index in [0.717, 1.165) is 0 Å². The lowest BCUT2D eigenvalue weighted by molar-refractivity contribution is -0.384. The van der Waals surface area contributed by atoms with Gasteiger partial charge in [-0.1, -0.05) is 6.07 Å². The molecule has 2 aromatic carbocycles. The van der Waals surface area contributed by atoms with Gasteiger partial charge in [0.15, 0.2) is 0 Å². The minimum atomic E-state index is -0.562. The number of amides is 1. The zero-order valence-electron chi connectivity index (χ0n) is 13.1. The molecule has 126 valence electrons. The number of nitro groups is 1. The highest BCUT2D eigenvalue weighted by molar-refractivity contribution is 6.04. The first kappa shape index (κ1) is 16.3. The van der Waals surface area contributed by atoms with Gasteiger partial charge in [-0.2, -0.15) is 5.10 Å². The molecule has 2 N–H and O–H groups in total. The van der Waals surface area contributed by atoms with Crippen LogP contribution in [0.5, 0.6) is 0 Å². The monoisotopic (exact) mass is 340 g/mol. The Morgan fingerprint density at radius 2 is 1.92 bits per heavy atom. The summed E-state index contributed by atoms with van der Waals surface area (Å²) in [6.45, 7) is 1.72. The Balaban J connectivity index is 1.83. The first-order valence-electron chi connectivity index (χ1n) is 7.32. The van der Waals surface area contributed by atoms with Gasteiger partial charge >= 0.3 is 0 Å². The van der Waals surface area contributed by atoms with E-state index in [2.05, 4.69) is 15.5 Å². The highest BCUT2D eigenvalue weighted by atomic mass is 19.1. The van der Waals surface area contributed by atoms with E-state index >= 15 is 0 Å².